The Bertz CT molecular complexity index is 695. The number of anilines is 2. The summed E-state index contributed by atoms with van der Waals surface area (Å²) in [5.74, 6) is 0. The smallest absolute Gasteiger partial charge is 0.285 e. The van der Waals surface area contributed by atoms with E-state index in [1.54, 1.807) is 6.20 Å². The van der Waals surface area contributed by atoms with Gasteiger partial charge in [-0.1, -0.05) is 29.3 Å². The standard InChI is InChI=1S/C14H14Cl2N4O/c15-10-2-1-3-11(8-10)19-4-6-20(7-5-19)12-9-17-18-14(21)13(12)16/h1-3,8-9H,4-7H2,(H,18,21). The van der Waals surface area contributed by atoms with E-state index in [0.29, 0.717) is 5.69 Å². The zero-order chi connectivity index (χ0) is 14.8. The van der Waals surface area contributed by atoms with Crippen LogP contribution in [0.15, 0.2) is 35.3 Å². The Balaban J connectivity index is 1.73. The third-order valence-corrected chi connectivity index (χ3v) is 4.17. The zero-order valence-electron chi connectivity index (χ0n) is 11.2. The van der Waals surface area contributed by atoms with Gasteiger partial charge in [0.15, 0.2) is 0 Å². The fourth-order valence-electron chi connectivity index (χ4n) is 2.47. The quantitative estimate of drug-likeness (QED) is 0.921. The number of H-pyrrole nitrogens is 1. The molecular formula is C14H14Cl2N4O. The summed E-state index contributed by atoms with van der Waals surface area (Å²) in [7, 11) is 0. The Morgan fingerprint density at radius 2 is 1.81 bits per heavy atom. The van der Waals surface area contributed by atoms with Crippen LogP contribution in [-0.2, 0) is 0 Å². The van der Waals surface area contributed by atoms with Crippen LogP contribution in [-0.4, -0.2) is 36.4 Å². The lowest BCUT2D eigenvalue weighted by Gasteiger charge is -2.37. The van der Waals surface area contributed by atoms with E-state index in [-0.39, 0.29) is 10.6 Å². The van der Waals surface area contributed by atoms with Crippen LogP contribution in [0.1, 0.15) is 0 Å². The molecule has 1 saturated heterocycles. The minimum atomic E-state index is -0.355. The van der Waals surface area contributed by atoms with Gasteiger partial charge in [-0.2, -0.15) is 5.10 Å². The predicted octanol–water partition coefficient (Wildman–Crippen LogP) is 2.40. The summed E-state index contributed by atoms with van der Waals surface area (Å²) >= 11 is 12.1. The highest BCUT2D eigenvalue weighted by atomic mass is 35.5. The first-order chi connectivity index (χ1) is 10.1. The topological polar surface area (TPSA) is 52.2 Å². The molecule has 2 aromatic rings. The fraction of sp³-hybridized carbons (Fsp3) is 0.286. The van der Waals surface area contributed by atoms with Crippen LogP contribution in [0, 0.1) is 0 Å². The minimum absolute atomic E-state index is 0.196. The van der Waals surface area contributed by atoms with E-state index in [4.69, 9.17) is 23.2 Å². The summed E-state index contributed by atoms with van der Waals surface area (Å²) < 4.78 is 0. The normalized spacial score (nSPS) is 15.3. The highest BCUT2D eigenvalue weighted by molar-refractivity contribution is 6.33. The van der Waals surface area contributed by atoms with Gasteiger partial charge in [-0.25, -0.2) is 5.10 Å². The molecule has 0 aliphatic carbocycles. The molecule has 1 aromatic heterocycles. The molecule has 1 aliphatic rings. The van der Waals surface area contributed by atoms with Crippen molar-refractivity contribution in [3.05, 3.63) is 50.9 Å². The van der Waals surface area contributed by atoms with E-state index < -0.39 is 0 Å². The van der Waals surface area contributed by atoms with Crippen LogP contribution in [0.4, 0.5) is 11.4 Å². The van der Waals surface area contributed by atoms with Gasteiger partial charge in [0.25, 0.3) is 5.56 Å². The number of aromatic nitrogens is 2. The summed E-state index contributed by atoms with van der Waals surface area (Å²) in [4.78, 5) is 15.8. The Hall–Kier alpha value is -1.72. The van der Waals surface area contributed by atoms with Crippen molar-refractivity contribution < 1.29 is 0 Å². The molecule has 1 aliphatic heterocycles. The van der Waals surface area contributed by atoms with Gasteiger partial charge in [-0.05, 0) is 18.2 Å². The maximum atomic E-state index is 11.5. The van der Waals surface area contributed by atoms with Gasteiger partial charge in [0, 0.05) is 36.9 Å². The Morgan fingerprint density at radius 3 is 2.52 bits per heavy atom. The third kappa shape index (κ3) is 2.99. The minimum Gasteiger partial charge on any atom is -0.368 e. The highest BCUT2D eigenvalue weighted by Gasteiger charge is 2.20. The molecule has 2 heterocycles. The molecular weight excluding hydrogens is 311 g/mol. The summed E-state index contributed by atoms with van der Waals surface area (Å²) in [5.41, 5.74) is 1.44. The monoisotopic (exact) mass is 324 g/mol. The molecule has 1 N–H and O–H groups in total. The number of rotatable bonds is 2. The molecule has 3 rings (SSSR count). The van der Waals surface area contributed by atoms with E-state index >= 15 is 0 Å². The molecule has 0 unspecified atom stereocenters. The first-order valence-electron chi connectivity index (χ1n) is 6.64. The van der Waals surface area contributed by atoms with Crippen LogP contribution in [0.2, 0.25) is 10.0 Å². The van der Waals surface area contributed by atoms with Crippen LogP contribution in [0.3, 0.4) is 0 Å². The number of benzene rings is 1. The summed E-state index contributed by atoms with van der Waals surface area (Å²) in [6.07, 6.45) is 1.60. The van der Waals surface area contributed by atoms with E-state index in [2.05, 4.69) is 20.0 Å². The van der Waals surface area contributed by atoms with E-state index in [1.165, 1.54) is 0 Å². The molecule has 7 heteroatoms. The maximum Gasteiger partial charge on any atom is 0.285 e. The summed E-state index contributed by atoms with van der Waals surface area (Å²) in [6, 6.07) is 7.81. The van der Waals surface area contributed by atoms with Crippen LogP contribution in [0.5, 0.6) is 0 Å². The molecule has 0 radical (unpaired) electrons. The van der Waals surface area contributed by atoms with Crippen molar-refractivity contribution in [2.75, 3.05) is 36.0 Å². The molecule has 1 aromatic carbocycles. The van der Waals surface area contributed by atoms with E-state index in [9.17, 15) is 4.79 Å². The molecule has 5 nitrogen and oxygen atoms in total. The second-order valence-corrected chi connectivity index (χ2v) is 5.67. The molecule has 0 saturated carbocycles. The lowest BCUT2D eigenvalue weighted by atomic mass is 10.2. The average Bonchev–Trinajstić information content (AvgIpc) is 2.50. The predicted molar refractivity (Wildman–Crippen MR) is 85.7 cm³/mol. The van der Waals surface area contributed by atoms with Gasteiger partial charge in [0.05, 0.1) is 11.9 Å². The van der Waals surface area contributed by atoms with Gasteiger partial charge in [-0.15, -0.1) is 0 Å². The number of nitrogens with one attached hydrogen (secondary N) is 1. The summed E-state index contributed by atoms with van der Waals surface area (Å²) in [5, 5.41) is 7.07. The molecule has 0 spiro atoms. The number of nitrogens with zero attached hydrogens (tertiary/aromatic N) is 3. The molecule has 0 amide bonds. The van der Waals surface area contributed by atoms with Crippen molar-refractivity contribution in [2.24, 2.45) is 0 Å². The van der Waals surface area contributed by atoms with Crippen molar-refractivity contribution in [1.29, 1.82) is 0 Å². The van der Waals surface area contributed by atoms with Crippen molar-refractivity contribution in [1.82, 2.24) is 10.2 Å². The number of halogens is 2. The number of aromatic amines is 1. The van der Waals surface area contributed by atoms with Crippen molar-refractivity contribution in [3.63, 3.8) is 0 Å². The van der Waals surface area contributed by atoms with Crippen molar-refractivity contribution in [3.8, 4) is 0 Å². The van der Waals surface area contributed by atoms with Gasteiger partial charge >= 0.3 is 0 Å². The van der Waals surface area contributed by atoms with Gasteiger partial charge in [0.2, 0.25) is 0 Å². The van der Waals surface area contributed by atoms with Crippen molar-refractivity contribution in [2.45, 2.75) is 0 Å². The second-order valence-electron chi connectivity index (χ2n) is 4.85. The van der Waals surface area contributed by atoms with E-state index in [1.807, 2.05) is 24.3 Å². The molecule has 1 fully saturated rings. The number of hydrogen-bond donors (Lipinski definition) is 1. The van der Waals surface area contributed by atoms with Crippen LogP contribution >= 0.6 is 23.2 Å². The van der Waals surface area contributed by atoms with Crippen molar-refractivity contribution >= 4 is 34.6 Å². The maximum absolute atomic E-state index is 11.5. The second kappa shape index (κ2) is 5.95. The number of piperazine rings is 1. The fourth-order valence-corrected chi connectivity index (χ4v) is 2.87. The average molecular weight is 325 g/mol. The Labute approximate surface area is 132 Å². The Morgan fingerprint density at radius 1 is 1.10 bits per heavy atom. The molecule has 0 bridgehead atoms. The lowest BCUT2D eigenvalue weighted by Crippen LogP contribution is -2.47. The van der Waals surface area contributed by atoms with Crippen LogP contribution < -0.4 is 15.4 Å². The van der Waals surface area contributed by atoms with Gasteiger partial charge in [0.1, 0.15) is 5.02 Å². The molecule has 21 heavy (non-hydrogen) atoms. The molecule has 0 atom stereocenters. The first-order valence-corrected chi connectivity index (χ1v) is 7.39. The zero-order valence-corrected chi connectivity index (χ0v) is 12.7. The van der Waals surface area contributed by atoms with E-state index in [0.717, 1.165) is 36.9 Å². The van der Waals surface area contributed by atoms with Gasteiger partial charge in [-0.3, -0.25) is 4.79 Å². The highest BCUT2D eigenvalue weighted by Crippen LogP contribution is 2.25. The third-order valence-electron chi connectivity index (χ3n) is 3.57. The number of hydrogen-bond acceptors (Lipinski definition) is 4. The first kappa shape index (κ1) is 14.2. The molecule has 110 valence electrons. The SMILES string of the molecule is O=c1[nH]ncc(N2CCN(c3cccc(Cl)c3)CC2)c1Cl. The lowest BCUT2D eigenvalue weighted by molar-refractivity contribution is 0.651. The largest absolute Gasteiger partial charge is 0.368 e. The Kier molecular flexibility index (Phi) is 4.03. The summed E-state index contributed by atoms with van der Waals surface area (Å²) in [6.45, 7) is 3.22. The van der Waals surface area contributed by atoms with Gasteiger partial charge < -0.3 is 9.80 Å². The van der Waals surface area contributed by atoms with Crippen LogP contribution in [0.25, 0.3) is 0 Å².